The molecule has 0 bridgehead atoms. The molecule has 0 fully saturated rings. The van der Waals surface area contributed by atoms with Crippen molar-refractivity contribution in [2.45, 2.75) is 19.4 Å². The first-order valence-corrected chi connectivity index (χ1v) is 10.0. The van der Waals surface area contributed by atoms with Crippen LogP contribution in [0.15, 0.2) is 30.5 Å². The number of hydrogen-bond donors (Lipinski definition) is 2. The van der Waals surface area contributed by atoms with Gasteiger partial charge in [-0.05, 0) is 18.6 Å². The first-order chi connectivity index (χ1) is 12.2. The number of amides is 2. The number of sulfone groups is 1. The average Bonchev–Trinajstić information content (AvgIpc) is 2.97. The minimum Gasteiger partial charge on any atom is -0.361 e. The molecule has 26 heavy (non-hydrogen) atoms. The normalized spacial score (nSPS) is 12.3. The largest absolute Gasteiger partial charge is 0.361 e. The number of aromatic amines is 1. The first-order valence-electron chi connectivity index (χ1n) is 7.98. The minimum absolute atomic E-state index is 0.0176. The summed E-state index contributed by atoms with van der Waals surface area (Å²) in [4.78, 5) is 28.6. The fraction of sp³-hybridized carbons (Fsp3) is 0.353. The summed E-state index contributed by atoms with van der Waals surface area (Å²) in [6, 6.07) is 6.15. The molecule has 2 aromatic rings. The lowest BCUT2D eigenvalue weighted by molar-refractivity contribution is -0.133. The van der Waals surface area contributed by atoms with Crippen molar-refractivity contribution in [3.63, 3.8) is 0 Å². The number of hydrogen-bond acceptors (Lipinski definition) is 5. The molecular weight excluding hydrogens is 356 g/mol. The molecule has 0 aliphatic rings. The van der Waals surface area contributed by atoms with Crippen LogP contribution < -0.4 is 5.32 Å². The Morgan fingerprint density at radius 1 is 1.35 bits per heavy atom. The molecule has 0 aliphatic carbocycles. The summed E-state index contributed by atoms with van der Waals surface area (Å²) in [5.41, 5.74) is 1.61. The van der Waals surface area contributed by atoms with Gasteiger partial charge in [0.1, 0.15) is 15.9 Å². The van der Waals surface area contributed by atoms with Crippen molar-refractivity contribution in [3.05, 3.63) is 36.0 Å². The van der Waals surface area contributed by atoms with Gasteiger partial charge in [-0.3, -0.25) is 9.59 Å². The summed E-state index contributed by atoms with van der Waals surface area (Å²) in [6.07, 6.45) is 4.35. The Morgan fingerprint density at radius 3 is 2.65 bits per heavy atom. The molecule has 1 atom stereocenters. The molecule has 0 saturated carbocycles. The summed E-state index contributed by atoms with van der Waals surface area (Å²) in [6.45, 7) is 1.68. The van der Waals surface area contributed by atoms with Gasteiger partial charge in [-0.1, -0.05) is 18.2 Å². The number of fused-ring (bicyclic) bond motifs is 1. The van der Waals surface area contributed by atoms with Crippen LogP contribution in [0.5, 0.6) is 0 Å². The molecule has 2 N–H and O–H groups in total. The highest BCUT2D eigenvalue weighted by Gasteiger charge is 2.29. The van der Waals surface area contributed by atoms with Crippen molar-refractivity contribution in [2.24, 2.45) is 0 Å². The van der Waals surface area contributed by atoms with E-state index >= 15 is 0 Å². The number of nitriles is 1. The van der Waals surface area contributed by atoms with Gasteiger partial charge in [0.15, 0.2) is 6.19 Å². The first kappa shape index (κ1) is 19.5. The van der Waals surface area contributed by atoms with E-state index in [9.17, 15) is 18.0 Å². The standard InChI is InChI=1S/C17H20N4O4S/c1-3-21(11-18)17(23)15(10-26(2,24)25)20-16(22)8-12-9-19-14-7-5-4-6-13(12)14/h4-7,9,15,19H,3,8,10H2,1-2H3,(H,20,22). The van der Waals surface area contributed by atoms with E-state index < -0.39 is 33.4 Å². The number of carbonyl (C=O) groups is 2. The van der Waals surface area contributed by atoms with Crippen molar-refractivity contribution in [3.8, 4) is 6.19 Å². The minimum atomic E-state index is -3.54. The fourth-order valence-corrected chi connectivity index (χ4v) is 3.47. The van der Waals surface area contributed by atoms with E-state index in [1.165, 1.54) is 0 Å². The van der Waals surface area contributed by atoms with E-state index in [2.05, 4.69) is 10.3 Å². The fourth-order valence-electron chi connectivity index (χ4n) is 2.64. The Hall–Kier alpha value is -2.86. The Morgan fingerprint density at radius 2 is 2.04 bits per heavy atom. The lowest BCUT2D eigenvalue weighted by Gasteiger charge is -2.21. The molecule has 1 unspecified atom stereocenters. The van der Waals surface area contributed by atoms with Crippen molar-refractivity contribution in [1.29, 1.82) is 5.26 Å². The zero-order valence-electron chi connectivity index (χ0n) is 14.5. The summed E-state index contributed by atoms with van der Waals surface area (Å²) < 4.78 is 23.2. The number of nitrogens with zero attached hydrogens (tertiary/aromatic N) is 2. The highest BCUT2D eigenvalue weighted by atomic mass is 32.2. The molecule has 2 amide bonds. The van der Waals surface area contributed by atoms with Crippen LogP contribution in [0.3, 0.4) is 0 Å². The van der Waals surface area contributed by atoms with E-state index in [1.54, 1.807) is 19.3 Å². The van der Waals surface area contributed by atoms with Crippen LogP contribution in [0.25, 0.3) is 10.9 Å². The zero-order chi connectivity index (χ0) is 19.3. The molecule has 2 rings (SSSR count). The van der Waals surface area contributed by atoms with Gasteiger partial charge in [-0.2, -0.15) is 5.26 Å². The zero-order valence-corrected chi connectivity index (χ0v) is 15.3. The third-order valence-corrected chi connectivity index (χ3v) is 4.77. The van der Waals surface area contributed by atoms with Gasteiger partial charge in [0.2, 0.25) is 5.91 Å². The molecule has 1 heterocycles. The predicted molar refractivity (Wildman–Crippen MR) is 96.6 cm³/mol. The van der Waals surface area contributed by atoms with Gasteiger partial charge in [0.05, 0.1) is 12.2 Å². The van der Waals surface area contributed by atoms with Crippen LogP contribution in [0, 0.1) is 11.5 Å². The number of nitrogens with one attached hydrogen (secondary N) is 2. The number of likely N-dealkylation sites (N-methyl/N-ethyl adjacent to an activating group) is 1. The summed E-state index contributed by atoms with van der Waals surface area (Å²) in [5.74, 6) is -1.80. The maximum Gasteiger partial charge on any atom is 0.259 e. The number of carbonyl (C=O) groups excluding carboxylic acids is 2. The summed E-state index contributed by atoms with van der Waals surface area (Å²) >= 11 is 0. The molecule has 1 aromatic heterocycles. The van der Waals surface area contributed by atoms with E-state index in [-0.39, 0.29) is 13.0 Å². The SMILES string of the molecule is CCN(C#N)C(=O)C(CS(C)(=O)=O)NC(=O)Cc1c[nH]c2ccccc12. The second-order valence-electron chi connectivity index (χ2n) is 5.93. The molecule has 0 aliphatic heterocycles. The summed E-state index contributed by atoms with van der Waals surface area (Å²) in [7, 11) is -3.54. The Balaban J connectivity index is 2.17. The molecule has 0 saturated heterocycles. The van der Waals surface area contributed by atoms with E-state index in [0.717, 1.165) is 27.6 Å². The van der Waals surface area contributed by atoms with Gasteiger partial charge in [-0.25, -0.2) is 13.3 Å². The highest BCUT2D eigenvalue weighted by Crippen LogP contribution is 2.18. The number of para-hydroxylation sites is 1. The van der Waals surface area contributed by atoms with Crippen LogP contribution in [-0.4, -0.2) is 54.7 Å². The number of aromatic nitrogens is 1. The Bertz CT molecular complexity index is 959. The van der Waals surface area contributed by atoms with Gasteiger partial charge < -0.3 is 10.3 Å². The number of benzene rings is 1. The maximum atomic E-state index is 12.4. The molecule has 8 nitrogen and oxygen atoms in total. The lowest BCUT2D eigenvalue weighted by Crippen LogP contribution is -2.50. The molecule has 0 spiro atoms. The molecule has 1 aromatic carbocycles. The van der Waals surface area contributed by atoms with E-state index in [0.29, 0.717) is 0 Å². The van der Waals surface area contributed by atoms with Crippen LogP contribution >= 0.6 is 0 Å². The van der Waals surface area contributed by atoms with Crippen LogP contribution in [-0.2, 0) is 25.8 Å². The third kappa shape index (κ3) is 4.83. The van der Waals surface area contributed by atoms with E-state index in [1.807, 2.05) is 24.3 Å². The average molecular weight is 376 g/mol. The van der Waals surface area contributed by atoms with Gasteiger partial charge in [0.25, 0.3) is 5.91 Å². The van der Waals surface area contributed by atoms with Crippen molar-refractivity contribution in [2.75, 3.05) is 18.6 Å². The maximum absolute atomic E-state index is 12.4. The van der Waals surface area contributed by atoms with Crippen molar-refractivity contribution < 1.29 is 18.0 Å². The Kier molecular flexibility index (Phi) is 6.00. The molecule has 9 heteroatoms. The van der Waals surface area contributed by atoms with E-state index in [4.69, 9.17) is 5.26 Å². The molecular formula is C17H20N4O4S. The number of rotatable bonds is 7. The smallest absolute Gasteiger partial charge is 0.259 e. The second kappa shape index (κ2) is 8.01. The third-order valence-electron chi connectivity index (χ3n) is 3.83. The van der Waals surface area contributed by atoms with Crippen LogP contribution in [0.2, 0.25) is 0 Å². The second-order valence-corrected chi connectivity index (χ2v) is 8.12. The monoisotopic (exact) mass is 376 g/mol. The predicted octanol–water partition coefficient (Wildman–Crippen LogP) is 0.569. The highest BCUT2D eigenvalue weighted by molar-refractivity contribution is 7.90. The van der Waals surface area contributed by atoms with Gasteiger partial charge in [0, 0.05) is 29.9 Å². The van der Waals surface area contributed by atoms with Gasteiger partial charge >= 0.3 is 0 Å². The van der Waals surface area contributed by atoms with Crippen molar-refractivity contribution >= 4 is 32.6 Å². The van der Waals surface area contributed by atoms with Gasteiger partial charge in [-0.15, -0.1) is 0 Å². The topological polar surface area (TPSA) is 123 Å². The summed E-state index contributed by atoms with van der Waals surface area (Å²) in [5, 5.41) is 12.3. The molecule has 0 radical (unpaired) electrons. The molecule has 138 valence electrons. The lowest BCUT2D eigenvalue weighted by atomic mass is 10.1. The van der Waals surface area contributed by atoms with Crippen molar-refractivity contribution in [1.82, 2.24) is 15.2 Å². The van der Waals surface area contributed by atoms with Crippen LogP contribution in [0.4, 0.5) is 0 Å². The quantitative estimate of drug-likeness (QED) is 0.540. The Labute approximate surface area is 151 Å². The number of H-pyrrole nitrogens is 1. The van der Waals surface area contributed by atoms with Crippen LogP contribution in [0.1, 0.15) is 12.5 Å².